The zero-order valence-electron chi connectivity index (χ0n) is 10.5. The van der Waals surface area contributed by atoms with Crippen molar-refractivity contribution in [1.82, 2.24) is 4.90 Å². The highest BCUT2D eigenvalue weighted by Crippen LogP contribution is 2.07. The van der Waals surface area contributed by atoms with Gasteiger partial charge in [0.2, 0.25) is 0 Å². The second kappa shape index (κ2) is 8.25. The lowest BCUT2D eigenvalue weighted by Crippen LogP contribution is -2.34. The maximum atomic E-state index is 5.94. The average molecular weight is 201 g/mol. The first-order valence-electron chi connectivity index (χ1n) is 6.05. The standard InChI is InChI=1S/C12H27NO/c1-6-12(7-2)14-11(5)10-13(8-3)9-4/h11-12H,6-10H2,1-5H3. The van der Waals surface area contributed by atoms with E-state index in [4.69, 9.17) is 4.74 Å². The largest absolute Gasteiger partial charge is 0.374 e. The van der Waals surface area contributed by atoms with Gasteiger partial charge in [-0.15, -0.1) is 0 Å². The van der Waals surface area contributed by atoms with Crippen molar-refractivity contribution in [2.75, 3.05) is 19.6 Å². The average Bonchev–Trinajstić information content (AvgIpc) is 2.22. The van der Waals surface area contributed by atoms with Crippen molar-refractivity contribution in [2.24, 2.45) is 0 Å². The molecule has 0 aliphatic heterocycles. The molecule has 0 heterocycles. The van der Waals surface area contributed by atoms with E-state index in [1.807, 2.05) is 0 Å². The van der Waals surface area contributed by atoms with Gasteiger partial charge in [-0.1, -0.05) is 27.7 Å². The molecule has 0 rings (SSSR count). The number of likely N-dealkylation sites (N-methyl/N-ethyl adjacent to an activating group) is 1. The normalized spacial score (nSPS) is 13.9. The molecule has 14 heavy (non-hydrogen) atoms. The van der Waals surface area contributed by atoms with E-state index in [1.165, 1.54) is 0 Å². The van der Waals surface area contributed by atoms with E-state index < -0.39 is 0 Å². The van der Waals surface area contributed by atoms with Crippen molar-refractivity contribution in [2.45, 2.75) is 59.7 Å². The van der Waals surface area contributed by atoms with Crippen molar-refractivity contribution in [3.05, 3.63) is 0 Å². The summed E-state index contributed by atoms with van der Waals surface area (Å²) in [5.74, 6) is 0. The van der Waals surface area contributed by atoms with Gasteiger partial charge in [-0.25, -0.2) is 0 Å². The van der Waals surface area contributed by atoms with E-state index in [0.29, 0.717) is 12.2 Å². The van der Waals surface area contributed by atoms with Crippen LogP contribution in [0.1, 0.15) is 47.5 Å². The smallest absolute Gasteiger partial charge is 0.0677 e. The van der Waals surface area contributed by atoms with Gasteiger partial charge in [0.05, 0.1) is 12.2 Å². The van der Waals surface area contributed by atoms with Crippen LogP contribution in [-0.4, -0.2) is 36.7 Å². The highest BCUT2D eigenvalue weighted by molar-refractivity contribution is 4.62. The Morgan fingerprint density at radius 3 is 1.86 bits per heavy atom. The fraction of sp³-hybridized carbons (Fsp3) is 1.00. The first-order valence-corrected chi connectivity index (χ1v) is 6.05. The van der Waals surface area contributed by atoms with Crippen molar-refractivity contribution < 1.29 is 4.74 Å². The Balaban J connectivity index is 3.77. The van der Waals surface area contributed by atoms with Crippen LogP contribution in [0.5, 0.6) is 0 Å². The molecule has 2 nitrogen and oxygen atoms in total. The second-order valence-electron chi connectivity index (χ2n) is 3.87. The Labute approximate surface area is 89.6 Å². The van der Waals surface area contributed by atoms with Gasteiger partial charge in [0.25, 0.3) is 0 Å². The van der Waals surface area contributed by atoms with Gasteiger partial charge in [0, 0.05) is 6.54 Å². The first kappa shape index (κ1) is 13.9. The molecule has 0 aliphatic carbocycles. The first-order chi connectivity index (χ1) is 6.67. The molecule has 0 aromatic heterocycles. The Morgan fingerprint density at radius 2 is 1.50 bits per heavy atom. The van der Waals surface area contributed by atoms with Crippen LogP contribution in [0.25, 0.3) is 0 Å². The van der Waals surface area contributed by atoms with Crippen LogP contribution in [0, 0.1) is 0 Å². The molecule has 1 unspecified atom stereocenters. The molecule has 0 aliphatic rings. The van der Waals surface area contributed by atoms with E-state index in [1.54, 1.807) is 0 Å². The van der Waals surface area contributed by atoms with Gasteiger partial charge in [0.15, 0.2) is 0 Å². The molecule has 0 N–H and O–H groups in total. The van der Waals surface area contributed by atoms with Gasteiger partial charge in [-0.3, -0.25) is 0 Å². The second-order valence-corrected chi connectivity index (χ2v) is 3.87. The molecule has 0 amide bonds. The van der Waals surface area contributed by atoms with E-state index in [-0.39, 0.29) is 0 Å². The van der Waals surface area contributed by atoms with E-state index in [9.17, 15) is 0 Å². The molecule has 86 valence electrons. The summed E-state index contributed by atoms with van der Waals surface area (Å²) in [5.41, 5.74) is 0. The summed E-state index contributed by atoms with van der Waals surface area (Å²) in [7, 11) is 0. The molecule has 2 heteroatoms. The van der Waals surface area contributed by atoms with E-state index in [0.717, 1.165) is 32.5 Å². The third-order valence-electron chi connectivity index (χ3n) is 2.75. The number of hydrogen-bond acceptors (Lipinski definition) is 2. The fourth-order valence-corrected chi connectivity index (χ4v) is 1.70. The van der Waals surface area contributed by atoms with Gasteiger partial charge < -0.3 is 9.64 Å². The maximum Gasteiger partial charge on any atom is 0.0677 e. The summed E-state index contributed by atoms with van der Waals surface area (Å²) in [6, 6.07) is 0. The highest BCUT2D eigenvalue weighted by atomic mass is 16.5. The quantitative estimate of drug-likeness (QED) is 0.598. The molecule has 0 spiro atoms. The van der Waals surface area contributed by atoms with Crippen molar-refractivity contribution in [3.63, 3.8) is 0 Å². The summed E-state index contributed by atoms with van der Waals surface area (Å²) in [5, 5.41) is 0. The Kier molecular flexibility index (Phi) is 8.20. The summed E-state index contributed by atoms with van der Waals surface area (Å²) in [6.07, 6.45) is 3.05. The molecule has 0 saturated heterocycles. The molecular weight excluding hydrogens is 174 g/mol. The Bertz CT molecular complexity index is 105. The minimum Gasteiger partial charge on any atom is -0.374 e. The number of nitrogens with zero attached hydrogens (tertiary/aromatic N) is 1. The van der Waals surface area contributed by atoms with Gasteiger partial charge in [-0.05, 0) is 32.9 Å². The van der Waals surface area contributed by atoms with E-state index in [2.05, 4.69) is 39.5 Å². The van der Waals surface area contributed by atoms with Crippen LogP contribution in [0.3, 0.4) is 0 Å². The van der Waals surface area contributed by atoms with Crippen molar-refractivity contribution in [1.29, 1.82) is 0 Å². The van der Waals surface area contributed by atoms with Gasteiger partial charge >= 0.3 is 0 Å². The summed E-state index contributed by atoms with van der Waals surface area (Å²) >= 11 is 0. The molecule has 0 aromatic rings. The Morgan fingerprint density at radius 1 is 1.00 bits per heavy atom. The molecule has 0 saturated carbocycles. The predicted molar refractivity (Wildman–Crippen MR) is 62.7 cm³/mol. The topological polar surface area (TPSA) is 12.5 Å². The number of rotatable bonds is 8. The SMILES string of the molecule is CCC(CC)OC(C)CN(CC)CC. The number of ether oxygens (including phenoxy) is 1. The fourth-order valence-electron chi connectivity index (χ4n) is 1.70. The monoisotopic (exact) mass is 201 g/mol. The van der Waals surface area contributed by atoms with Gasteiger partial charge in [-0.2, -0.15) is 0 Å². The Hall–Kier alpha value is -0.0800. The molecule has 0 bridgehead atoms. The molecule has 0 aromatic carbocycles. The molecule has 0 radical (unpaired) electrons. The lowest BCUT2D eigenvalue weighted by atomic mass is 10.2. The van der Waals surface area contributed by atoms with Crippen molar-refractivity contribution in [3.8, 4) is 0 Å². The van der Waals surface area contributed by atoms with Crippen LogP contribution in [0.2, 0.25) is 0 Å². The van der Waals surface area contributed by atoms with Crippen LogP contribution < -0.4 is 0 Å². The predicted octanol–water partition coefficient (Wildman–Crippen LogP) is 2.92. The van der Waals surface area contributed by atoms with Crippen LogP contribution in [0.4, 0.5) is 0 Å². The lowest BCUT2D eigenvalue weighted by Gasteiger charge is -2.26. The van der Waals surface area contributed by atoms with Crippen LogP contribution >= 0.6 is 0 Å². The summed E-state index contributed by atoms with van der Waals surface area (Å²) < 4.78 is 5.94. The van der Waals surface area contributed by atoms with Crippen molar-refractivity contribution >= 4 is 0 Å². The minimum atomic E-state index is 0.361. The highest BCUT2D eigenvalue weighted by Gasteiger charge is 2.11. The van der Waals surface area contributed by atoms with E-state index >= 15 is 0 Å². The molecule has 1 atom stereocenters. The van der Waals surface area contributed by atoms with Crippen LogP contribution in [-0.2, 0) is 4.74 Å². The summed E-state index contributed by atoms with van der Waals surface area (Å²) in [4.78, 5) is 2.41. The third-order valence-corrected chi connectivity index (χ3v) is 2.75. The summed E-state index contributed by atoms with van der Waals surface area (Å²) in [6.45, 7) is 14.3. The maximum absolute atomic E-state index is 5.94. The molecule has 0 fully saturated rings. The minimum absolute atomic E-state index is 0.361. The van der Waals surface area contributed by atoms with Crippen LogP contribution in [0.15, 0.2) is 0 Å². The zero-order chi connectivity index (χ0) is 11.0. The molecular formula is C12H27NO. The lowest BCUT2D eigenvalue weighted by molar-refractivity contribution is -0.0210. The van der Waals surface area contributed by atoms with Gasteiger partial charge in [0.1, 0.15) is 0 Å². The third kappa shape index (κ3) is 5.61. The number of hydrogen-bond donors (Lipinski definition) is 0. The zero-order valence-corrected chi connectivity index (χ0v) is 10.5.